The van der Waals surface area contributed by atoms with E-state index in [4.69, 9.17) is 0 Å². The summed E-state index contributed by atoms with van der Waals surface area (Å²) in [5, 5.41) is 25.0. The molecular formula is C66H70N2O2Ti+. The molecule has 0 bridgehead atoms. The minimum atomic E-state index is -0.512. The number of fused-ring (bicyclic) bond motifs is 6. The van der Waals surface area contributed by atoms with Crippen molar-refractivity contribution in [2.24, 2.45) is 0 Å². The predicted octanol–water partition coefficient (Wildman–Crippen LogP) is 15.2. The number of phenolic OH excluding ortho intramolecular Hbond substituents is 2. The minimum absolute atomic E-state index is 0. The van der Waals surface area contributed by atoms with Gasteiger partial charge in [-0.2, -0.15) is 49.2 Å². The van der Waals surface area contributed by atoms with E-state index in [9.17, 15) is 10.2 Å². The summed E-state index contributed by atoms with van der Waals surface area (Å²) in [7, 11) is 0. The maximum Gasteiger partial charge on any atom is 3.00 e. The summed E-state index contributed by atoms with van der Waals surface area (Å²) in [5.74, 6) is 0.694. The molecule has 5 heteroatoms. The summed E-state index contributed by atoms with van der Waals surface area (Å²) in [6, 6.07) is 63.7. The molecule has 8 aromatic carbocycles. The first-order valence-electron chi connectivity index (χ1n) is 24.9. The van der Waals surface area contributed by atoms with E-state index in [1.807, 2.05) is 60.7 Å². The van der Waals surface area contributed by atoms with Crippen LogP contribution in [0.3, 0.4) is 0 Å². The summed E-state index contributed by atoms with van der Waals surface area (Å²) in [6.45, 7) is 28.0. The smallest absolute Gasteiger partial charge is 0.507 e. The molecule has 71 heavy (non-hydrogen) atoms. The van der Waals surface area contributed by atoms with E-state index in [2.05, 4.69) is 200 Å². The second-order valence-electron chi connectivity index (χ2n) is 20.2. The van der Waals surface area contributed by atoms with Crippen molar-refractivity contribution in [2.45, 2.75) is 91.4 Å². The number of rotatable bonds is 11. The van der Waals surface area contributed by atoms with Crippen LogP contribution in [-0.2, 0) is 45.6 Å². The topological polar surface area (TPSA) is 46.9 Å². The molecule has 1 radical (unpaired) electrons. The van der Waals surface area contributed by atoms with Crippen LogP contribution in [0.4, 0.5) is 0 Å². The molecule has 0 unspecified atom stereocenters. The van der Waals surface area contributed by atoms with E-state index in [-0.39, 0.29) is 21.7 Å². The molecule has 10 rings (SSSR count). The Labute approximate surface area is 440 Å². The first-order valence-corrected chi connectivity index (χ1v) is 24.9. The van der Waals surface area contributed by atoms with Crippen LogP contribution in [0, 0.1) is 27.7 Å². The van der Waals surface area contributed by atoms with Crippen LogP contribution in [0.5, 0.6) is 11.5 Å². The van der Waals surface area contributed by atoms with Gasteiger partial charge in [-0.1, -0.05) is 145 Å². The van der Waals surface area contributed by atoms with Crippen LogP contribution in [0.2, 0.25) is 0 Å². The molecule has 8 aromatic rings. The third kappa shape index (κ3) is 10.7. The van der Waals surface area contributed by atoms with Crippen molar-refractivity contribution in [3.63, 3.8) is 0 Å². The molecular weight excluding hydrogens is 901 g/mol. The average Bonchev–Trinajstić information content (AvgIpc) is 3.77. The van der Waals surface area contributed by atoms with Crippen LogP contribution in [0.1, 0.15) is 108 Å². The first kappa shape index (κ1) is 52.6. The molecule has 0 fully saturated rings. The average molecular weight is 971 g/mol. The van der Waals surface area contributed by atoms with E-state index >= 15 is 0 Å². The van der Waals surface area contributed by atoms with E-state index in [0.29, 0.717) is 36.7 Å². The molecule has 0 spiro atoms. The van der Waals surface area contributed by atoms with Crippen LogP contribution in [0.15, 0.2) is 182 Å². The molecule has 0 amide bonds. The normalized spacial score (nSPS) is 13.3. The zero-order valence-corrected chi connectivity index (χ0v) is 44.6. The second kappa shape index (κ2) is 22.4. The molecule has 2 aliphatic carbocycles. The van der Waals surface area contributed by atoms with E-state index in [1.54, 1.807) is 0 Å². The van der Waals surface area contributed by atoms with Crippen molar-refractivity contribution < 1.29 is 31.9 Å². The largest absolute Gasteiger partial charge is 3.00 e. The zero-order chi connectivity index (χ0) is 49.7. The number of hydrogen-bond acceptors (Lipinski definition) is 4. The Bertz CT molecular complexity index is 2770. The van der Waals surface area contributed by atoms with E-state index in [0.717, 1.165) is 57.6 Å². The Morgan fingerprint density at radius 3 is 1.00 bits per heavy atom. The number of phenols is 2. The number of hydrogen-bond donors (Lipinski definition) is 2. The Morgan fingerprint density at radius 2 is 0.718 bits per heavy atom. The van der Waals surface area contributed by atoms with Gasteiger partial charge in [-0.05, 0) is 99.9 Å². The number of aromatic hydroxyl groups is 2. The van der Waals surface area contributed by atoms with Gasteiger partial charge in [-0.15, -0.1) is 24.3 Å². The standard InChI is InChI=1S/C52H56N2O2.2C7H7.Ti/c1-33(2)54(34(3)4)26-25-53(31-37-27-35(5)29-47(49(37)55)51(7)43-21-13-9-17-39(43)40-18-10-14-22-44(40)51)32-38-28-36(6)30-48(50(38)56)52(8)45-23-15-11-19-41(45)42-20-12-16-24-46(42)52;2*1-7-5-3-2-4-6-7;/h9-24,27-30,33-34,55-56H,25-26,31-32H2,1-8H3;2*2-6H,1H2;/q;2*-1;+3. The van der Waals surface area contributed by atoms with Crippen LogP contribution >= 0.6 is 0 Å². The minimum Gasteiger partial charge on any atom is -0.507 e. The van der Waals surface area contributed by atoms with Crippen LogP contribution in [-0.4, -0.2) is 45.2 Å². The van der Waals surface area contributed by atoms with Crippen molar-refractivity contribution in [2.75, 3.05) is 13.1 Å². The summed E-state index contributed by atoms with van der Waals surface area (Å²) < 4.78 is 0. The maximum atomic E-state index is 12.5. The molecule has 0 atom stereocenters. The van der Waals surface area contributed by atoms with Gasteiger partial charge < -0.3 is 10.2 Å². The van der Waals surface area contributed by atoms with Gasteiger partial charge in [-0.25, -0.2) is 0 Å². The monoisotopic (exact) mass is 970 g/mol. The number of benzene rings is 8. The third-order valence-corrected chi connectivity index (χ3v) is 14.7. The summed E-state index contributed by atoms with van der Waals surface area (Å²) >= 11 is 0. The summed E-state index contributed by atoms with van der Waals surface area (Å²) in [4.78, 5) is 4.95. The summed E-state index contributed by atoms with van der Waals surface area (Å²) in [5.41, 5.74) is 16.8. The van der Waals surface area contributed by atoms with Gasteiger partial charge in [0.25, 0.3) is 0 Å². The van der Waals surface area contributed by atoms with Crippen molar-refractivity contribution in [1.82, 2.24) is 9.80 Å². The Balaban J connectivity index is 0.000000425. The van der Waals surface area contributed by atoms with Gasteiger partial charge in [0.05, 0.1) is 0 Å². The third-order valence-electron chi connectivity index (χ3n) is 14.7. The zero-order valence-electron chi connectivity index (χ0n) is 43.0. The number of nitrogens with zero attached hydrogens (tertiary/aromatic N) is 2. The fourth-order valence-corrected chi connectivity index (χ4v) is 11.2. The quantitative estimate of drug-likeness (QED) is 0.100. The molecule has 0 saturated carbocycles. The molecule has 0 saturated heterocycles. The maximum absolute atomic E-state index is 12.5. The Kier molecular flexibility index (Phi) is 16.6. The Hall–Kier alpha value is -6.27. The number of aryl methyl sites for hydroxylation is 2. The fourth-order valence-electron chi connectivity index (χ4n) is 11.2. The van der Waals surface area contributed by atoms with Gasteiger partial charge in [0.1, 0.15) is 11.5 Å². The Morgan fingerprint density at radius 1 is 0.423 bits per heavy atom. The van der Waals surface area contributed by atoms with Crippen LogP contribution < -0.4 is 0 Å². The fraction of sp³-hybridized carbons (Fsp3) is 0.242. The molecule has 4 nitrogen and oxygen atoms in total. The van der Waals surface area contributed by atoms with Gasteiger partial charge in [-0.3, -0.25) is 9.80 Å². The van der Waals surface area contributed by atoms with Crippen molar-refractivity contribution in [1.29, 1.82) is 0 Å². The van der Waals surface area contributed by atoms with Crippen molar-refractivity contribution in [3.8, 4) is 33.8 Å². The van der Waals surface area contributed by atoms with Gasteiger partial charge in [0.2, 0.25) is 0 Å². The molecule has 2 N–H and O–H groups in total. The van der Waals surface area contributed by atoms with Gasteiger partial charge in [0, 0.05) is 71.3 Å². The molecule has 2 aliphatic rings. The summed E-state index contributed by atoms with van der Waals surface area (Å²) in [6.07, 6.45) is 0. The SMILES string of the molecule is Cc1cc(CN(CCN(C(C)C)C(C)C)Cc2cc(C)cc(C3(C)c4ccccc4-c4ccccc43)c2O)c(O)c(C2(C)c3ccccc3-c3ccccc32)c1.[CH2-]c1ccccc1.[CH2-]c1ccccc1.[Ti+3]. The van der Waals surface area contributed by atoms with Crippen LogP contribution in [0.25, 0.3) is 22.3 Å². The second-order valence-corrected chi connectivity index (χ2v) is 20.2. The molecule has 0 aliphatic heterocycles. The van der Waals surface area contributed by atoms with E-state index in [1.165, 1.54) is 44.5 Å². The van der Waals surface area contributed by atoms with E-state index < -0.39 is 10.8 Å². The molecule has 0 heterocycles. The molecule has 0 aromatic heterocycles. The predicted molar refractivity (Wildman–Crippen MR) is 293 cm³/mol. The van der Waals surface area contributed by atoms with Gasteiger partial charge in [0.15, 0.2) is 0 Å². The molecule has 359 valence electrons. The van der Waals surface area contributed by atoms with Crippen molar-refractivity contribution >= 4 is 0 Å². The van der Waals surface area contributed by atoms with Crippen molar-refractivity contribution in [3.05, 3.63) is 263 Å². The van der Waals surface area contributed by atoms with Gasteiger partial charge >= 0.3 is 21.7 Å². The first-order chi connectivity index (χ1) is 33.6.